The van der Waals surface area contributed by atoms with Crippen LogP contribution in [0.5, 0.6) is 0 Å². The predicted molar refractivity (Wildman–Crippen MR) is 117 cm³/mol. The number of esters is 2. The molecule has 3 atom stereocenters. The van der Waals surface area contributed by atoms with E-state index >= 15 is 0 Å². The molecule has 0 fully saturated rings. The fourth-order valence-electron chi connectivity index (χ4n) is 2.04. The van der Waals surface area contributed by atoms with E-state index in [9.17, 15) is 24.0 Å². The maximum Gasteiger partial charge on any atom is 0.408 e. The molecule has 0 bridgehead atoms. The first-order valence-corrected chi connectivity index (χ1v) is 10.3. The molecule has 0 rings (SSSR count). The van der Waals surface area contributed by atoms with Crippen LogP contribution >= 0.6 is 0 Å². The molecule has 0 aromatic carbocycles. The van der Waals surface area contributed by atoms with E-state index in [1.165, 1.54) is 14.0 Å². The van der Waals surface area contributed by atoms with Crippen molar-refractivity contribution in [1.29, 1.82) is 0 Å². The number of rotatable bonds is 10. The summed E-state index contributed by atoms with van der Waals surface area (Å²) in [7, 11) is 2.38. The molecule has 0 aliphatic carbocycles. The molecule has 0 heterocycles. The number of carbonyl (C=O) groups excluding carboxylic acids is 5. The van der Waals surface area contributed by atoms with Crippen LogP contribution in [-0.2, 0) is 33.4 Å². The molecule has 0 saturated heterocycles. The standard InChI is InChI=1S/C12H22N2O6.C9H16O4/c1-7(13-11(18)20-12(2,3)4)9(16)14-8(6-15)10(17)19-5;1-6(2)8(11)4-7(5-10)9(12)13-3/h7-8,15H,6H2,1-5H3,(H,13,18)(H,14,16);6-7,10H,4-5H2,1-3H3/t7-,8?;/m0./s1. The summed E-state index contributed by atoms with van der Waals surface area (Å²) in [5.41, 5.74) is -0.681. The first kappa shape index (κ1) is 32.4. The summed E-state index contributed by atoms with van der Waals surface area (Å²) in [4.78, 5) is 56.6. The molecular weight excluding hydrogens is 440 g/mol. The van der Waals surface area contributed by atoms with Gasteiger partial charge in [0, 0.05) is 12.3 Å². The number of alkyl carbamates (subject to hydrolysis) is 1. The number of aliphatic hydroxyl groups excluding tert-OH is 2. The number of nitrogens with one attached hydrogen (secondary N) is 2. The lowest BCUT2D eigenvalue weighted by Crippen LogP contribution is -2.52. The Hall–Kier alpha value is -2.73. The number of amides is 2. The Morgan fingerprint density at radius 3 is 1.73 bits per heavy atom. The largest absolute Gasteiger partial charge is 0.469 e. The van der Waals surface area contributed by atoms with Gasteiger partial charge in [-0.05, 0) is 27.7 Å². The van der Waals surface area contributed by atoms with Crippen LogP contribution in [0.25, 0.3) is 0 Å². The van der Waals surface area contributed by atoms with Gasteiger partial charge < -0.3 is 35.1 Å². The average molecular weight is 479 g/mol. The zero-order valence-electron chi connectivity index (χ0n) is 20.6. The molecule has 4 N–H and O–H groups in total. The number of Topliss-reactive ketones (excluding diaryl/α,β-unsaturated/α-hetero) is 1. The van der Waals surface area contributed by atoms with Crippen molar-refractivity contribution in [1.82, 2.24) is 10.6 Å². The third-order valence-electron chi connectivity index (χ3n) is 3.96. The fraction of sp³-hybridized carbons (Fsp3) is 0.762. The highest BCUT2D eigenvalue weighted by atomic mass is 16.6. The Morgan fingerprint density at radius 2 is 1.36 bits per heavy atom. The lowest BCUT2D eigenvalue weighted by Gasteiger charge is -2.22. The molecule has 2 amide bonds. The van der Waals surface area contributed by atoms with Crippen molar-refractivity contribution < 1.29 is 48.4 Å². The SMILES string of the molecule is COC(=O)C(CO)CC(=O)C(C)C.COC(=O)C(CO)NC(=O)[C@H](C)NC(=O)OC(C)(C)C. The van der Waals surface area contributed by atoms with Crippen molar-refractivity contribution in [3.63, 3.8) is 0 Å². The van der Waals surface area contributed by atoms with Gasteiger partial charge in [0.05, 0.1) is 33.4 Å². The summed E-state index contributed by atoms with van der Waals surface area (Å²) < 4.78 is 13.8. The molecule has 0 aliphatic rings. The monoisotopic (exact) mass is 478 g/mol. The Morgan fingerprint density at radius 1 is 0.848 bits per heavy atom. The average Bonchev–Trinajstić information content (AvgIpc) is 2.72. The van der Waals surface area contributed by atoms with Crippen LogP contribution < -0.4 is 10.6 Å². The second kappa shape index (κ2) is 16.0. The highest BCUT2D eigenvalue weighted by molar-refractivity contribution is 5.89. The van der Waals surface area contributed by atoms with E-state index in [0.29, 0.717) is 0 Å². The van der Waals surface area contributed by atoms with E-state index < -0.39 is 54.1 Å². The van der Waals surface area contributed by atoms with E-state index in [1.54, 1.807) is 34.6 Å². The quantitative estimate of drug-likeness (QED) is 0.245. The van der Waals surface area contributed by atoms with Gasteiger partial charge in [0.25, 0.3) is 0 Å². The summed E-state index contributed by atoms with van der Waals surface area (Å²) in [6, 6.07) is -2.10. The summed E-state index contributed by atoms with van der Waals surface area (Å²) >= 11 is 0. The van der Waals surface area contributed by atoms with E-state index in [4.69, 9.17) is 14.9 Å². The highest BCUT2D eigenvalue weighted by Crippen LogP contribution is 2.10. The van der Waals surface area contributed by atoms with Crippen molar-refractivity contribution in [3.8, 4) is 0 Å². The number of aliphatic hydroxyl groups is 2. The highest BCUT2D eigenvalue weighted by Gasteiger charge is 2.26. The van der Waals surface area contributed by atoms with Crippen LogP contribution in [0.2, 0.25) is 0 Å². The van der Waals surface area contributed by atoms with Gasteiger partial charge in [-0.25, -0.2) is 9.59 Å². The number of hydrogen-bond acceptors (Lipinski definition) is 10. The predicted octanol–water partition coefficient (Wildman–Crippen LogP) is -0.0672. The van der Waals surface area contributed by atoms with Crippen LogP contribution in [0, 0.1) is 11.8 Å². The van der Waals surface area contributed by atoms with Gasteiger partial charge in [0.2, 0.25) is 5.91 Å². The Balaban J connectivity index is 0. The van der Waals surface area contributed by atoms with E-state index in [1.807, 2.05) is 0 Å². The van der Waals surface area contributed by atoms with Gasteiger partial charge >= 0.3 is 18.0 Å². The summed E-state index contributed by atoms with van der Waals surface area (Å²) in [5.74, 6) is -2.80. The molecule has 12 nitrogen and oxygen atoms in total. The first-order valence-electron chi connectivity index (χ1n) is 10.3. The minimum absolute atomic E-state index is 0.0375. The number of ketones is 1. The Kier molecular flexibility index (Phi) is 15.7. The smallest absolute Gasteiger partial charge is 0.408 e. The fourth-order valence-corrected chi connectivity index (χ4v) is 2.04. The third-order valence-corrected chi connectivity index (χ3v) is 3.96. The molecule has 0 radical (unpaired) electrons. The first-order chi connectivity index (χ1) is 15.1. The minimum atomic E-state index is -1.17. The van der Waals surface area contributed by atoms with E-state index in [0.717, 1.165) is 7.11 Å². The second-order valence-electron chi connectivity index (χ2n) is 8.36. The normalized spacial score (nSPS) is 13.4. The zero-order chi connectivity index (χ0) is 26.4. The minimum Gasteiger partial charge on any atom is -0.469 e. The summed E-state index contributed by atoms with van der Waals surface area (Å²) in [6.45, 7) is 9.07. The summed E-state index contributed by atoms with van der Waals surface area (Å²) in [5, 5.41) is 22.3. The van der Waals surface area contributed by atoms with Gasteiger partial charge in [-0.3, -0.25) is 14.4 Å². The third kappa shape index (κ3) is 14.9. The molecule has 33 heavy (non-hydrogen) atoms. The van der Waals surface area contributed by atoms with Gasteiger partial charge in [-0.1, -0.05) is 13.8 Å². The molecule has 0 aliphatic heterocycles. The van der Waals surface area contributed by atoms with Crippen LogP contribution in [0.4, 0.5) is 4.79 Å². The molecule has 12 heteroatoms. The van der Waals surface area contributed by atoms with Crippen molar-refractivity contribution in [2.24, 2.45) is 11.8 Å². The van der Waals surface area contributed by atoms with Crippen molar-refractivity contribution in [2.75, 3.05) is 27.4 Å². The van der Waals surface area contributed by atoms with Gasteiger partial charge in [-0.2, -0.15) is 0 Å². The molecule has 192 valence electrons. The maximum atomic E-state index is 11.7. The molecule has 2 unspecified atom stereocenters. The molecule has 0 aromatic heterocycles. The molecule has 0 aromatic rings. The molecular formula is C21H38N2O10. The maximum absolute atomic E-state index is 11.7. The molecule has 0 saturated carbocycles. The summed E-state index contributed by atoms with van der Waals surface area (Å²) in [6.07, 6.45) is -0.695. The van der Waals surface area contributed by atoms with Gasteiger partial charge in [0.1, 0.15) is 17.4 Å². The van der Waals surface area contributed by atoms with Crippen LogP contribution in [0.1, 0.15) is 48.0 Å². The Bertz CT molecular complexity index is 658. The number of hydrogen-bond donors (Lipinski definition) is 4. The topological polar surface area (TPSA) is 178 Å². The lowest BCUT2D eigenvalue weighted by molar-refractivity contribution is -0.149. The van der Waals surface area contributed by atoms with Crippen LogP contribution in [0.15, 0.2) is 0 Å². The second-order valence-corrected chi connectivity index (χ2v) is 8.36. The Labute approximate surface area is 194 Å². The zero-order valence-corrected chi connectivity index (χ0v) is 20.6. The number of carbonyl (C=O) groups is 5. The van der Waals surface area contributed by atoms with Crippen molar-refractivity contribution in [2.45, 2.75) is 65.6 Å². The van der Waals surface area contributed by atoms with E-state index in [2.05, 4.69) is 20.1 Å². The lowest BCUT2D eigenvalue weighted by atomic mass is 9.97. The van der Waals surface area contributed by atoms with Gasteiger partial charge in [0.15, 0.2) is 6.04 Å². The van der Waals surface area contributed by atoms with Crippen molar-refractivity contribution >= 4 is 29.7 Å². The van der Waals surface area contributed by atoms with E-state index in [-0.39, 0.29) is 24.7 Å². The molecule has 0 spiro atoms. The number of methoxy groups -OCH3 is 2. The van der Waals surface area contributed by atoms with Crippen molar-refractivity contribution in [3.05, 3.63) is 0 Å². The van der Waals surface area contributed by atoms with Gasteiger partial charge in [-0.15, -0.1) is 0 Å². The van der Waals surface area contributed by atoms with Crippen LogP contribution in [-0.4, -0.2) is 85.1 Å². The van der Waals surface area contributed by atoms with Crippen LogP contribution in [0.3, 0.4) is 0 Å². The number of ether oxygens (including phenoxy) is 3.